The van der Waals surface area contributed by atoms with Gasteiger partial charge in [0.2, 0.25) is 5.88 Å². The van der Waals surface area contributed by atoms with Crippen LogP contribution in [0.15, 0.2) is 53.7 Å². The lowest BCUT2D eigenvalue weighted by molar-refractivity contribution is 0.236. The van der Waals surface area contributed by atoms with Gasteiger partial charge in [-0.05, 0) is 43.7 Å². The Balaban J connectivity index is 1.16. The zero-order valence-electron chi connectivity index (χ0n) is 17.1. The molecule has 0 bridgehead atoms. The fourth-order valence-corrected chi connectivity index (χ4v) is 3.71. The molecular formula is C23H26N6O. The Labute approximate surface area is 177 Å². The average Bonchev–Trinajstić information content (AvgIpc) is 3.35. The largest absolute Gasteiger partial charge is 0.478 e. The Bertz CT molecular complexity index is 956. The zero-order valence-corrected chi connectivity index (χ0v) is 17.1. The van der Waals surface area contributed by atoms with Gasteiger partial charge in [-0.2, -0.15) is 5.26 Å². The second-order valence-corrected chi connectivity index (χ2v) is 7.36. The molecule has 0 N–H and O–H groups in total. The Kier molecular flexibility index (Phi) is 6.68. The average molecular weight is 403 g/mol. The number of pyridine rings is 2. The molecule has 0 aliphatic carbocycles. The predicted octanol–water partition coefficient (Wildman–Crippen LogP) is 2.69. The number of allylic oxidation sites excluding steroid dienone is 1. The van der Waals surface area contributed by atoms with E-state index in [1.165, 1.54) is 0 Å². The first-order valence-corrected chi connectivity index (χ1v) is 10.5. The van der Waals surface area contributed by atoms with E-state index in [1.54, 1.807) is 6.20 Å². The van der Waals surface area contributed by atoms with Crippen LogP contribution in [0.3, 0.4) is 0 Å². The maximum Gasteiger partial charge on any atom is 0.213 e. The van der Waals surface area contributed by atoms with E-state index in [0.717, 1.165) is 69.3 Å². The second kappa shape index (κ2) is 9.99. The normalized spacial score (nSPS) is 16.4. The maximum absolute atomic E-state index is 9.27. The number of anilines is 1. The van der Waals surface area contributed by atoms with Crippen molar-refractivity contribution in [1.82, 2.24) is 14.9 Å². The summed E-state index contributed by atoms with van der Waals surface area (Å²) >= 11 is 0. The topological polar surface area (TPSA) is 77.6 Å². The second-order valence-electron chi connectivity index (χ2n) is 7.36. The van der Waals surface area contributed by atoms with Crippen molar-refractivity contribution in [3.8, 4) is 11.9 Å². The Morgan fingerprint density at radius 1 is 1.07 bits per heavy atom. The molecule has 2 aliphatic heterocycles. The van der Waals surface area contributed by atoms with Gasteiger partial charge in [0, 0.05) is 38.4 Å². The van der Waals surface area contributed by atoms with Crippen molar-refractivity contribution in [3.63, 3.8) is 0 Å². The molecule has 0 radical (unpaired) electrons. The Hall–Kier alpha value is -3.24. The summed E-state index contributed by atoms with van der Waals surface area (Å²) in [5.74, 6) is 1.47. The summed E-state index contributed by atoms with van der Waals surface area (Å²) in [6, 6.07) is 11.7. The molecule has 154 valence electrons. The highest BCUT2D eigenvalue weighted by atomic mass is 16.5. The molecule has 0 atom stereocenters. The van der Waals surface area contributed by atoms with Gasteiger partial charge in [0.25, 0.3) is 0 Å². The molecule has 2 aromatic rings. The molecule has 4 rings (SSSR count). The summed E-state index contributed by atoms with van der Waals surface area (Å²) in [5, 5.41) is 9.27. The van der Waals surface area contributed by atoms with Crippen molar-refractivity contribution in [3.05, 3.63) is 59.9 Å². The first-order valence-electron chi connectivity index (χ1n) is 10.5. The van der Waals surface area contributed by atoms with E-state index < -0.39 is 0 Å². The van der Waals surface area contributed by atoms with Gasteiger partial charge >= 0.3 is 0 Å². The van der Waals surface area contributed by atoms with Gasteiger partial charge in [0.15, 0.2) is 0 Å². The lowest BCUT2D eigenvalue weighted by Crippen LogP contribution is -2.47. The summed E-state index contributed by atoms with van der Waals surface area (Å²) in [6.45, 7) is 6.23. The summed E-state index contributed by atoms with van der Waals surface area (Å²) in [7, 11) is 0. The number of ether oxygens (including phenoxy) is 1. The number of aromatic nitrogens is 2. The summed E-state index contributed by atoms with van der Waals surface area (Å²) in [6.07, 6.45) is 7.86. The van der Waals surface area contributed by atoms with Crippen molar-refractivity contribution in [2.45, 2.75) is 12.8 Å². The molecule has 2 aliphatic rings. The highest BCUT2D eigenvalue weighted by Gasteiger charge is 2.19. The van der Waals surface area contributed by atoms with E-state index >= 15 is 0 Å². The van der Waals surface area contributed by atoms with Crippen molar-refractivity contribution < 1.29 is 4.74 Å². The van der Waals surface area contributed by atoms with Crippen molar-refractivity contribution in [2.24, 2.45) is 4.99 Å². The van der Waals surface area contributed by atoms with Gasteiger partial charge in [0.05, 0.1) is 30.1 Å². The van der Waals surface area contributed by atoms with Crippen LogP contribution >= 0.6 is 0 Å². The van der Waals surface area contributed by atoms with E-state index in [2.05, 4.69) is 30.8 Å². The van der Waals surface area contributed by atoms with Crippen LogP contribution in [-0.2, 0) is 0 Å². The lowest BCUT2D eigenvalue weighted by atomic mass is 10.2. The van der Waals surface area contributed by atoms with Gasteiger partial charge in [0.1, 0.15) is 11.9 Å². The molecule has 0 amide bonds. The third-order valence-corrected chi connectivity index (χ3v) is 5.33. The number of rotatable bonds is 8. The van der Waals surface area contributed by atoms with E-state index in [9.17, 15) is 5.26 Å². The number of unbranched alkanes of at least 4 members (excludes halogenated alkanes) is 1. The smallest absolute Gasteiger partial charge is 0.213 e. The first kappa shape index (κ1) is 20.0. The number of nitriles is 1. The quantitative estimate of drug-likeness (QED) is 0.632. The van der Waals surface area contributed by atoms with Gasteiger partial charge in [-0.1, -0.05) is 12.1 Å². The highest BCUT2D eigenvalue weighted by Crippen LogP contribution is 2.18. The number of hydrogen-bond donors (Lipinski definition) is 0. The predicted molar refractivity (Wildman–Crippen MR) is 117 cm³/mol. The monoisotopic (exact) mass is 402 g/mol. The van der Waals surface area contributed by atoms with E-state index in [1.807, 2.05) is 42.5 Å². The van der Waals surface area contributed by atoms with E-state index in [4.69, 9.17) is 4.74 Å². The fourth-order valence-electron chi connectivity index (χ4n) is 3.71. The van der Waals surface area contributed by atoms with Crippen molar-refractivity contribution in [2.75, 3.05) is 50.8 Å². The van der Waals surface area contributed by atoms with Gasteiger partial charge in [-0.15, -0.1) is 0 Å². The lowest BCUT2D eigenvalue weighted by Gasteiger charge is -2.35. The van der Waals surface area contributed by atoms with Gasteiger partial charge in [-0.3, -0.25) is 9.89 Å². The molecule has 7 nitrogen and oxygen atoms in total. The van der Waals surface area contributed by atoms with Crippen LogP contribution in [0.1, 0.15) is 24.1 Å². The van der Waals surface area contributed by atoms with Crippen molar-refractivity contribution >= 4 is 11.5 Å². The van der Waals surface area contributed by atoms with Crippen LogP contribution in [-0.4, -0.2) is 66.5 Å². The molecule has 7 heteroatoms. The molecular weight excluding hydrogens is 376 g/mol. The molecule has 1 saturated heterocycles. The number of nitrogens with zero attached hydrogens (tertiary/aromatic N) is 6. The van der Waals surface area contributed by atoms with E-state index in [-0.39, 0.29) is 0 Å². The number of hydrogen-bond acceptors (Lipinski definition) is 7. The third-order valence-electron chi connectivity index (χ3n) is 5.33. The van der Waals surface area contributed by atoms with Gasteiger partial charge in [-0.25, -0.2) is 9.97 Å². The van der Waals surface area contributed by atoms with Gasteiger partial charge < -0.3 is 9.64 Å². The minimum absolute atomic E-state index is 0.650. The Morgan fingerprint density at radius 2 is 1.97 bits per heavy atom. The van der Waals surface area contributed by atoms with Crippen LogP contribution in [0.25, 0.3) is 0 Å². The highest BCUT2D eigenvalue weighted by molar-refractivity contribution is 6.08. The molecule has 1 fully saturated rings. The zero-order chi connectivity index (χ0) is 20.6. The van der Waals surface area contributed by atoms with Crippen LogP contribution in [0, 0.1) is 11.3 Å². The molecule has 2 aromatic heterocycles. The molecule has 30 heavy (non-hydrogen) atoms. The number of aliphatic imine (C=N–C) groups is 1. The SMILES string of the molecule is N#Cc1cccnc1N1CCN(CCCCOc2cccc(C3=NCC=C3)n2)CC1. The summed E-state index contributed by atoms with van der Waals surface area (Å²) in [5.41, 5.74) is 2.44. The van der Waals surface area contributed by atoms with Crippen LogP contribution in [0.5, 0.6) is 5.88 Å². The summed E-state index contributed by atoms with van der Waals surface area (Å²) in [4.78, 5) is 18.0. The van der Waals surface area contributed by atoms with Crippen LogP contribution in [0.4, 0.5) is 5.82 Å². The maximum atomic E-state index is 9.27. The van der Waals surface area contributed by atoms with Crippen LogP contribution < -0.4 is 9.64 Å². The number of piperazine rings is 1. The molecule has 0 spiro atoms. The third kappa shape index (κ3) is 5.02. The molecule has 4 heterocycles. The van der Waals surface area contributed by atoms with Crippen LogP contribution in [0.2, 0.25) is 0 Å². The molecule has 0 aromatic carbocycles. The molecule has 0 unspecified atom stereocenters. The first-order chi connectivity index (χ1) is 14.8. The van der Waals surface area contributed by atoms with Crippen molar-refractivity contribution in [1.29, 1.82) is 5.26 Å². The minimum Gasteiger partial charge on any atom is -0.478 e. The standard InChI is InChI=1S/C23H26N6O/c24-18-19-6-4-11-26-23(19)29-15-13-28(14-16-29)12-1-2-17-30-22-9-3-7-21(27-22)20-8-5-10-25-20/h3-9,11H,1-2,10,12-17H2. The Morgan fingerprint density at radius 3 is 2.77 bits per heavy atom. The summed E-state index contributed by atoms with van der Waals surface area (Å²) < 4.78 is 5.84. The fraction of sp³-hybridized carbons (Fsp3) is 0.391. The minimum atomic E-state index is 0.650. The van der Waals surface area contributed by atoms with E-state index in [0.29, 0.717) is 18.1 Å². The molecule has 0 saturated carbocycles.